The van der Waals surface area contributed by atoms with Crippen LogP contribution in [-0.2, 0) is 20.8 Å². The van der Waals surface area contributed by atoms with Crippen molar-refractivity contribution in [3.8, 4) is 0 Å². The molecule has 8 nitrogen and oxygen atoms in total. The van der Waals surface area contributed by atoms with Crippen LogP contribution in [0.25, 0.3) is 0 Å². The van der Waals surface area contributed by atoms with Gasteiger partial charge in [0.15, 0.2) is 0 Å². The Bertz CT molecular complexity index is 801. The van der Waals surface area contributed by atoms with Crippen LogP contribution in [0.4, 0.5) is 0 Å². The third-order valence-electron chi connectivity index (χ3n) is 4.45. The van der Waals surface area contributed by atoms with Crippen LogP contribution < -0.4 is 10.6 Å². The molecular formula is C17H17N3O5. The number of hydrogen-bond donors (Lipinski definition) is 2. The first-order valence-electron chi connectivity index (χ1n) is 7.98. The molecule has 1 aromatic carbocycles. The second kappa shape index (κ2) is 6.46. The molecule has 0 radical (unpaired) electrons. The second-order valence-corrected chi connectivity index (χ2v) is 5.96. The van der Waals surface area contributed by atoms with Crippen molar-refractivity contribution in [1.82, 2.24) is 15.5 Å². The zero-order valence-corrected chi connectivity index (χ0v) is 13.6. The van der Waals surface area contributed by atoms with Gasteiger partial charge in [0.25, 0.3) is 11.8 Å². The van der Waals surface area contributed by atoms with Gasteiger partial charge in [0, 0.05) is 19.9 Å². The Kier molecular flexibility index (Phi) is 4.35. The average Bonchev–Trinajstić information content (AvgIpc) is 2.85. The molecule has 0 bridgehead atoms. The average molecular weight is 343 g/mol. The van der Waals surface area contributed by atoms with Crippen LogP contribution in [0.3, 0.4) is 0 Å². The van der Waals surface area contributed by atoms with E-state index in [-0.39, 0.29) is 36.3 Å². The van der Waals surface area contributed by atoms with Gasteiger partial charge in [-0.05, 0) is 24.5 Å². The Morgan fingerprint density at radius 3 is 2.68 bits per heavy atom. The number of rotatable bonds is 4. The van der Waals surface area contributed by atoms with Crippen LogP contribution in [0.15, 0.2) is 18.2 Å². The number of carbonyl (C=O) groups is 5. The van der Waals surface area contributed by atoms with E-state index in [0.29, 0.717) is 12.0 Å². The summed E-state index contributed by atoms with van der Waals surface area (Å²) < 4.78 is 0. The molecular weight excluding hydrogens is 326 g/mol. The number of benzene rings is 1. The summed E-state index contributed by atoms with van der Waals surface area (Å²) in [6.45, 7) is 0. The van der Waals surface area contributed by atoms with Crippen molar-refractivity contribution in [2.45, 2.75) is 31.7 Å². The first kappa shape index (κ1) is 16.8. The van der Waals surface area contributed by atoms with Gasteiger partial charge in [0.05, 0.1) is 11.1 Å². The molecule has 0 aliphatic carbocycles. The molecule has 1 saturated heterocycles. The lowest BCUT2D eigenvalue weighted by Gasteiger charge is -2.27. The van der Waals surface area contributed by atoms with Gasteiger partial charge in [-0.2, -0.15) is 0 Å². The van der Waals surface area contributed by atoms with E-state index in [1.165, 1.54) is 13.1 Å². The molecule has 2 aliphatic heterocycles. The minimum absolute atomic E-state index is 0.0767. The topological polar surface area (TPSA) is 113 Å². The number of hydrogen-bond acceptors (Lipinski definition) is 5. The van der Waals surface area contributed by atoms with E-state index in [4.69, 9.17) is 0 Å². The summed E-state index contributed by atoms with van der Waals surface area (Å²) in [7, 11) is 1.52. The van der Waals surface area contributed by atoms with E-state index in [1.807, 2.05) is 0 Å². The number of imide groups is 2. The summed E-state index contributed by atoms with van der Waals surface area (Å²) in [5.74, 6) is -2.32. The van der Waals surface area contributed by atoms with Gasteiger partial charge < -0.3 is 5.32 Å². The molecule has 1 fully saturated rings. The highest BCUT2D eigenvalue weighted by atomic mass is 16.2. The van der Waals surface area contributed by atoms with Crippen LogP contribution in [0, 0.1) is 0 Å². The Labute approximate surface area is 143 Å². The molecule has 0 saturated carbocycles. The quantitative estimate of drug-likeness (QED) is 0.733. The molecule has 1 aromatic rings. The molecule has 1 unspecified atom stereocenters. The lowest BCUT2D eigenvalue weighted by atomic mass is 9.99. The highest BCUT2D eigenvalue weighted by molar-refractivity contribution is 6.24. The van der Waals surface area contributed by atoms with Crippen molar-refractivity contribution in [3.05, 3.63) is 34.9 Å². The predicted molar refractivity (Wildman–Crippen MR) is 85.5 cm³/mol. The maximum absolute atomic E-state index is 12.8. The van der Waals surface area contributed by atoms with Gasteiger partial charge in [-0.3, -0.25) is 34.2 Å². The summed E-state index contributed by atoms with van der Waals surface area (Å²) in [4.78, 5) is 61.2. The highest BCUT2D eigenvalue weighted by Crippen LogP contribution is 2.30. The largest absolute Gasteiger partial charge is 0.359 e. The van der Waals surface area contributed by atoms with E-state index >= 15 is 0 Å². The molecule has 2 N–H and O–H groups in total. The van der Waals surface area contributed by atoms with E-state index in [0.717, 1.165) is 4.90 Å². The summed E-state index contributed by atoms with van der Waals surface area (Å²) >= 11 is 0. The van der Waals surface area contributed by atoms with Crippen molar-refractivity contribution >= 4 is 29.5 Å². The summed E-state index contributed by atoms with van der Waals surface area (Å²) in [5, 5.41) is 4.67. The zero-order chi connectivity index (χ0) is 18.1. The highest BCUT2D eigenvalue weighted by Gasteiger charge is 2.45. The first-order chi connectivity index (χ1) is 11.9. The fourth-order valence-corrected chi connectivity index (χ4v) is 3.17. The SMILES string of the molecule is CNC(=O)CCc1cccc2c1C(=O)N(C1CCC(=O)NC1=O)C2=O. The minimum atomic E-state index is -0.989. The Morgan fingerprint density at radius 2 is 2.00 bits per heavy atom. The maximum atomic E-state index is 12.8. The fraction of sp³-hybridized carbons (Fsp3) is 0.353. The summed E-state index contributed by atoms with van der Waals surface area (Å²) in [5.41, 5.74) is 1.06. The first-order valence-corrected chi connectivity index (χ1v) is 7.98. The lowest BCUT2D eigenvalue weighted by molar-refractivity contribution is -0.136. The summed E-state index contributed by atoms with van der Waals surface area (Å²) in [6.07, 6.45) is 0.689. The number of fused-ring (bicyclic) bond motifs is 1. The molecule has 2 aliphatic rings. The Balaban J connectivity index is 1.90. The van der Waals surface area contributed by atoms with Gasteiger partial charge >= 0.3 is 0 Å². The van der Waals surface area contributed by atoms with Crippen molar-refractivity contribution in [2.24, 2.45) is 0 Å². The Morgan fingerprint density at radius 1 is 1.24 bits per heavy atom. The van der Waals surface area contributed by atoms with Gasteiger partial charge in [-0.25, -0.2) is 0 Å². The third-order valence-corrected chi connectivity index (χ3v) is 4.45. The van der Waals surface area contributed by atoms with Gasteiger partial charge in [0.1, 0.15) is 6.04 Å². The van der Waals surface area contributed by atoms with Gasteiger partial charge in [-0.15, -0.1) is 0 Å². The second-order valence-electron chi connectivity index (χ2n) is 5.96. The third kappa shape index (κ3) is 2.90. The molecule has 2 heterocycles. The number of piperidine rings is 1. The van der Waals surface area contributed by atoms with E-state index in [1.54, 1.807) is 12.1 Å². The van der Waals surface area contributed by atoms with Crippen LogP contribution in [0.1, 0.15) is 45.5 Å². The molecule has 1 atom stereocenters. The smallest absolute Gasteiger partial charge is 0.262 e. The number of carbonyl (C=O) groups excluding carboxylic acids is 5. The molecule has 0 spiro atoms. The number of nitrogens with one attached hydrogen (secondary N) is 2. The fourth-order valence-electron chi connectivity index (χ4n) is 3.17. The van der Waals surface area contributed by atoms with Gasteiger partial charge in [0.2, 0.25) is 17.7 Å². The van der Waals surface area contributed by atoms with Crippen molar-refractivity contribution < 1.29 is 24.0 Å². The van der Waals surface area contributed by atoms with Gasteiger partial charge in [-0.1, -0.05) is 12.1 Å². The van der Waals surface area contributed by atoms with Crippen molar-refractivity contribution in [2.75, 3.05) is 7.05 Å². The molecule has 3 rings (SSSR count). The minimum Gasteiger partial charge on any atom is -0.359 e. The summed E-state index contributed by atoms with van der Waals surface area (Å²) in [6, 6.07) is 3.89. The Hall–Kier alpha value is -3.03. The molecule has 8 heteroatoms. The van der Waals surface area contributed by atoms with Crippen molar-refractivity contribution in [1.29, 1.82) is 0 Å². The molecule has 0 aromatic heterocycles. The maximum Gasteiger partial charge on any atom is 0.262 e. The predicted octanol–water partition coefficient (Wildman–Crippen LogP) is -0.234. The zero-order valence-electron chi connectivity index (χ0n) is 13.6. The number of aryl methyl sites for hydroxylation is 1. The standard InChI is InChI=1S/C17H17N3O5/c1-18-12(21)7-5-9-3-2-4-10-14(9)17(25)20(16(10)24)11-6-8-13(22)19-15(11)23/h2-4,11H,5-8H2,1H3,(H,18,21)(H,19,22,23). The van der Waals surface area contributed by atoms with E-state index < -0.39 is 29.7 Å². The number of amides is 5. The molecule has 5 amide bonds. The molecule has 25 heavy (non-hydrogen) atoms. The van der Waals surface area contributed by atoms with Crippen LogP contribution >= 0.6 is 0 Å². The van der Waals surface area contributed by atoms with Crippen LogP contribution in [0.5, 0.6) is 0 Å². The van der Waals surface area contributed by atoms with Crippen molar-refractivity contribution in [3.63, 3.8) is 0 Å². The monoisotopic (exact) mass is 343 g/mol. The van der Waals surface area contributed by atoms with Crippen LogP contribution in [-0.4, -0.2) is 47.5 Å². The van der Waals surface area contributed by atoms with E-state index in [9.17, 15) is 24.0 Å². The molecule has 130 valence electrons. The van der Waals surface area contributed by atoms with E-state index in [2.05, 4.69) is 10.6 Å². The number of nitrogens with zero attached hydrogens (tertiary/aromatic N) is 1. The van der Waals surface area contributed by atoms with Crippen LogP contribution in [0.2, 0.25) is 0 Å². The normalized spacial score (nSPS) is 19.7. The lowest BCUT2D eigenvalue weighted by Crippen LogP contribution is -2.54.